The maximum Gasteiger partial charge on any atom is 0.417 e. The smallest absolute Gasteiger partial charge is 0.268 e. The highest BCUT2D eigenvalue weighted by atomic mass is 32.2. The highest BCUT2D eigenvalue weighted by Gasteiger charge is 2.37. The van der Waals surface area contributed by atoms with Crippen LogP contribution in [0.3, 0.4) is 0 Å². The first kappa shape index (κ1) is 14.1. The first-order chi connectivity index (χ1) is 9.16. The van der Waals surface area contributed by atoms with E-state index in [4.69, 9.17) is 5.26 Å². The molecule has 5 nitrogen and oxygen atoms in total. The Morgan fingerprint density at radius 1 is 1.25 bits per heavy atom. The summed E-state index contributed by atoms with van der Waals surface area (Å²) in [7, 11) is -4.12. The molecular formula is C11H5F3N2O3S. The number of anilines is 1. The van der Waals surface area contributed by atoms with Crippen molar-refractivity contribution in [2.75, 3.05) is 4.31 Å². The second-order valence-electron chi connectivity index (χ2n) is 3.79. The standard InChI is InChI=1S/C11H5F3N2O3S/c12-11(13,14)9-5-8(2-1-7(9)6-15)16-10(17)3-4-20(16,18)19/h1-5H. The van der Waals surface area contributed by atoms with Gasteiger partial charge in [-0.25, -0.2) is 8.42 Å². The van der Waals surface area contributed by atoms with E-state index in [-0.39, 0.29) is 4.31 Å². The Labute approximate surface area is 111 Å². The van der Waals surface area contributed by atoms with Crippen molar-refractivity contribution in [3.63, 3.8) is 0 Å². The maximum absolute atomic E-state index is 12.8. The van der Waals surface area contributed by atoms with Crippen molar-refractivity contribution in [3.05, 3.63) is 40.8 Å². The fourth-order valence-electron chi connectivity index (χ4n) is 1.66. The molecule has 9 heteroatoms. The predicted molar refractivity (Wildman–Crippen MR) is 61.7 cm³/mol. The van der Waals surface area contributed by atoms with Gasteiger partial charge in [0.25, 0.3) is 15.9 Å². The number of alkyl halides is 3. The topological polar surface area (TPSA) is 78.2 Å². The summed E-state index contributed by atoms with van der Waals surface area (Å²) < 4.78 is 61.7. The molecule has 0 radical (unpaired) electrons. The molecule has 1 aliphatic rings. The Hall–Kier alpha value is -2.34. The van der Waals surface area contributed by atoms with Gasteiger partial charge in [0.2, 0.25) is 0 Å². The van der Waals surface area contributed by atoms with Crippen molar-refractivity contribution in [3.8, 4) is 6.07 Å². The summed E-state index contributed by atoms with van der Waals surface area (Å²) in [6.07, 6.45) is -4.10. The van der Waals surface area contributed by atoms with Crippen molar-refractivity contribution in [1.29, 1.82) is 5.26 Å². The van der Waals surface area contributed by atoms with Gasteiger partial charge in [0.15, 0.2) is 0 Å². The summed E-state index contributed by atoms with van der Waals surface area (Å²) >= 11 is 0. The van der Waals surface area contributed by atoms with E-state index < -0.39 is 38.9 Å². The summed E-state index contributed by atoms with van der Waals surface area (Å²) in [6.45, 7) is 0. The second-order valence-corrected chi connectivity index (χ2v) is 5.46. The van der Waals surface area contributed by atoms with Crippen LogP contribution in [0.4, 0.5) is 18.9 Å². The summed E-state index contributed by atoms with van der Waals surface area (Å²) in [5, 5.41) is 9.23. The number of benzene rings is 1. The van der Waals surface area contributed by atoms with Crippen LogP contribution in [-0.4, -0.2) is 14.3 Å². The number of carbonyl (C=O) groups is 1. The fraction of sp³-hybridized carbons (Fsp3) is 0.0909. The van der Waals surface area contributed by atoms with Gasteiger partial charge in [-0.2, -0.15) is 22.7 Å². The minimum Gasteiger partial charge on any atom is -0.268 e. The zero-order valence-corrected chi connectivity index (χ0v) is 10.4. The Kier molecular flexibility index (Phi) is 3.06. The lowest BCUT2D eigenvalue weighted by atomic mass is 10.1. The molecule has 1 aromatic rings. The largest absolute Gasteiger partial charge is 0.417 e. The van der Waals surface area contributed by atoms with Gasteiger partial charge in [-0.15, -0.1) is 0 Å². The third-order valence-corrected chi connectivity index (χ3v) is 3.88. The normalized spacial score (nSPS) is 17.3. The minimum absolute atomic E-state index is 0.239. The molecule has 1 aromatic carbocycles. The van der Waals surface area contributed by atoms with Crippen LogP contribution in [0.2, 0.25) is 0 Å². The monoisotopic (exact) mass is 302 g/mol. The van der Waals surface area contributed by atoms with Gasteiger partial charge < -0.3 is 0 Å². The lowest BCUT2D eigenvalue weighted by molar-refractivity contribution is -0.137. The van der Waals surface area contributed by atoms with E-state index in [1.54, 1.807) is 0 Å². The molecule has 0 saturated heterocycles. The van der Waals surface area contributed by atoms with Gasteiger partial charge in [0, 0.05) is 6.08 Å². The minimum atomic E-state index is -4.83. The average molecular weight is 302 g/mol. The van der Waals surface area contributed by atoms with E-state index in [9.17, 15) is 26.4 Å². The predicted octanol–water partition coefficient (Wildman–Crippen LogP) is 1.77. The molecule has 104 valence electrons. The Balaban J connectivity index is 2.62. The lowest BCUT2D eigenvalue weighted by Gasteiger charge is -2.17. The molecule has 2 rings (SSSR count). The summed E-state index contributed by atoms with van der Waals surface area (Å²) in [4.78, 5) is 11.4. The van der Waals surface area contributed by atoms with Crippen LogP contribution < -0.4 is 4.31 Å². The summed E-state index contributed by atoms with van der Waals surface area (Å²) in [5.74, 6) is -0.970. The molecule has 20 heavy (non-hydrogen) atoms. The molecule has 1 amide bonds. The number of sulfonamides is 1. The van der Waals surface area contributed by atoms with Gasteiger partial charge in [0.05, 0.1) is 28.3 Å². The molecule has 0 unspecified atom stereocenters. The van der Waals surface area contributed by atoms with Crippen molar-refractivity contribution >= 4 is 21.6 Å². The quantitative estimate of drug-likeness (QED) is 0.792. The van der Waals surface area contributed by atoms with Crippen molar-refractivity contribution in [1.82, 2.24) is 0 Å². The van der Waals surface area contributed by atoms with Crippen LogP contribution in [-0.2, 0) is 21.0 Å². The van der Waals surface area contributed by atoms with Crippen LogP contribution in [0, 0.1) is 11.3 Å². The number of rotatable bonds is 1. The van der Waals surface area contributed by atoms with E-state index in [1.807, 2.05) is 0 Å². The highest BCUT2D eigenvalue weighted by molar-refractivity contribution is 7.96. The van der Waals surface area contributed by atoms with E-state index in [0.29, 0.717) is 11.5 Å². The van der Waals surface area contributed by atoms with Crippen LogP contribution in [0.15, 0.2) is 29.7 Å². The number of carbonyl (C=O) groups excluding carboxylic acids is 1. The third kappa shape index (κ3) is 2.25. The van der Waals surface area contributed by atoms with Gasteiger partial charge in [-0.1, -0.05) is 0 Å². The van der Waals surface area contributed by atoms with E-state index in [2.05, 4.69) is 0 Å². The van der Waals surface area contributed by atoms with Gasteiger partial charge in [-0.3, -0.25) is 4.79 Å². The van der Waals surface area contributed by atoms with Crippen molar-refractivity contribution in [2.24, 2.45) is 0 Å². The molecule has 0 bridgehead atoms. The molecule has 0 aliphatic carbocycles. The van der Waals surface area contributed by atoms with Crippen LogP contribution in [0.5, 0.6) is 0 Å². The number of hydrogen-bond donors (Lipinski definition) is 0. The Morgan fingerprint density at radius 2 is 1.90 bits per heavy atom. The number of hydrogen-bond acceptors (Lipinski definition) is 4. The highest BCUT2D eigenvalue weighted by Crippen LogP contribution is 2.35. The number of halogens is 3. The zero-order chi connectivity index (χ0) is 15.1. The van der Waals surface area contributed by atoms with Crippen LogP contribution in [0.1, 0.15) is 11.1 Å². The lowest BCUT2D eigenvalue weighted by Crippen LogP contribution is -2.29. The Morgan fingerprint density at radius 3 is 2.35 bits per heavy atom. The molecule has 1 aliphatic heterocycles. The van der Waals surface area contributed by atoms with E-state index in [0.717, 1.165) is 18.2 Å². The second kappa shape index (κ2) is 4.35. The number of nitrogens with zero attached hydrogens (tertiary/aromatic N) is 2. The average Bonchev–Trinajstić information content (AvgIpc) is 2.62. The van der Waals surface area contributed by atoms with Crippen molar-refractivity contribution in [2.45, 2.75) is 6.18 Å². The zero-order valence-electron chi connectivity index (χ0n) is 9.55. The molecule has 0 spiro atoms. The summed E-state index contributed by atoms with van der Waals surface area (Å²) in [5.41, 5.74) is -2.42. The maximum atomic E-state index is 12.8. The van der Waals surface area contributed by atoms with Crippen molar-refractivity contribution < 1.29 is 26.4 Å². The van der Waals surface area contributed by atoms with Gasteiger partial charge in [0.1, 0.15) is 0 Å². The van der Waals surface area contributed by atoms with Gasteiger partial charge in [-0.05, 0) is 18.2 Å². The summed E-state index contributed by atoms with van der Waals surface area (Å²) in [6, 6.07) is 3.61. The molecule has 0 saturated carbocycles. The molecule has 0 N–H and O–H groups in total. The molecule has 0 aromatic heterocycles. The SMILES string of the molecule is N#Cc1ccc(N2C(=O)C=CS2(=O)=O)cc1C(F)(F)F. The first-order valence-electron chi connectivity index (χ1n) is 5.05. The van der Waals surface area contributed by atoms with Crippen LogP contribution >= 0.6 is 0 Å². The van der Waals surface area contributed by atoms with Gasteiger partial charge >= 0.3 is 6.18 Å². The van der Waals surface area contributed by atoms with E-state index in [1.165, 1.54) is 6.07 Å². The first-order valence-corrected chi connectivity index (χ1v) is 6.56. The number of nitriles is 1. The number of amides is 1. The molecule has 0 fully saturated rings. The molecule has 1 heterocycles. The van der Waals surface area contributed by atoms with E-state index >= 15 is 0 Å². The van der Waals surface area contributed by atoms with Crippen LogP contribution in [0.25, 0.3) is 0 Å². The Bertz CT molecular complexity index is 760. The molecule has 0 atom stereocenters. The fourth-order valence-corrected chi connectivity index (χ4v) is 2.79. The third-order valence-electron chi connectivity index (χ3n) is 2.50. The molecular weight excluding hydrogens is 297 g/mol.